The van der Waals surface area contributed by atoms with Crippen molar-refractivity contribution in [2.24, 2.45) is 11.3 Å². The smallest absolute Gasteiger partial charge is 0.406 e. The lowest BCUT2D eigenvalue weighted by atomic mass is 9.86. The van der Waals surface area contributed by atoms with E-state index in [4.69, 9.17) is 5.11 Å². The van der Waals surface area contributed by atoms with Crippen LogP contribution in [0.3, 0.4) is 0 Å². The molecule has 1 amide bonds. The first-order valence-corrected chi connectivity index (χ1v) is 6.18. The van der Waals surface area contributed by atoms with Crippen molar-refractivity contribution in [2.75, 3.05) is 13.1 Å². The molecule has 1 saturated heterocycles. The van der Waals surface area contributed by atoms with Crippen molar-refractivity contribution in [1.29, 1.82) is 0 Å². The van der Waals surface area contributed by atoms with Crippen LogP contribution in [0.1, 0.15) is 33.1 Å². The highest BCUT2D eigenvalue weighted by molar-refractivity contribution is 5.81. The summed E-state index contributed by atoms with van der Waals surface area (Å²) >= 11 is 0. The minimum Gasteiger partial charge on any atom is -0.481 e. The quantitative estimate of drug-likeness (QED) is 0.860. The van der Waals surface area contributed by atoms with E-state index in [1.165, 1.54) is 0 Å². The molecule has 1 heterocycles. The minimum absolute atomic E-state index is 0.150. The lowest BCUT2D eigenvalue weighted by Gasteiger charge is -2.27. The third-order valence-corrected chi connectivity index (χ3v) is 3.51. The van der Waals surface area contributed by atoms with Gasteiger partial charge in [0.15, 0.2) is 5.41 Å². The number of carboxylic acid groups (broad SMARTS) is 1. The Kier molecular flexibility index (Phi) is 4.47. The van der Waals surface area contributed by atoms with Crippen LogP contribution in [-0.4, -0.2) is 41.1 Å². The van der Waals surface area contributed by atoms with Crippen molar-refractivity contribution in [3.05, 3.63) is 0 Å². The van der Waals surface area contributed by atoms with Gasteiger partial charge in [0.05, 0.1) is 0 Å². The molecule has 7 heteroatoms. The molecule has 1 atom stereocenters. The summed E-state index contributed by atoms with van der Waals surface area (Å²) in [7, 11) is 0. The van der Waals surface area contributed by atoms with Crippen LogP contribution >= 0.6 is 0 Å². The van der Waals surface area contributed by atoms with Gasteiger partial charge in [0, 0.05) is 19.5 Å². The summed E-state index contributed by atoms with van der Waals surface area (Å²) in [5.41, 5.74) is -2.81. The molecular weight excluding hydrogens is 263 g/mol. The Balaban J connectivity index is 2.75. The molecule has 1 aliphatic rings. The van der Waals surface area contributed by atoms with Gasteiger partial charge < -0.3 is 10.0 Å². The molecule has 0 aromatic carbocycles. The lowest BCUT2D eigenvalue weighted by molar-refractivity contribution is -0.227. The summed E-state index contributed by atoms with van der Waals surface area (Å²) in [6.07, 6.45) is -4.67. The van der Waals surface area contributed by atoms with Gasteiger partial charge in [-0.3, -0.25) is 9.59 Å². The van der Waals surface area contributed by atoms with E-state index in [0.29, 0.717) is 6.42 Å². The number of amides is 1. The Labute approximate surface area is 109 Å². The molecule has 1 aliphatic heterocycles. The number of likely N-dealkylation sites (tertiary alicyclic amines) is 1. The molecule has 4 nitrogen and oxygen atoms in total. The molecule has 0 aromatic rings. The number of rotatable bonds is 4. The molecule has 1 rings (SSSR count). The van der Waals surface area contributed by atoms with Crippen LogP contribution in [-0.2, 0) is 9.59 Å². The predicted molar refractivity (Wildman–Crippen MR) is 61.4 cm³/mol. The molecule has 0 aliphatic carbocycles. The van der Waals surface area contributed by atoms with Crippen LogP contribution in [0.25, 0.3) is 0 Å². The first-order chi connectivity index (χ1) is 8.60. The summed E-state index contributed by atoms with van der Waals surface area (Å²) in [4.78, 5) is 23.7. The third kappa shape index (κ3) is 3.19. The van der Waals surface area contributed by atoms with Crippen molar-refractivity contribution in [1.82, 2.24) is 4.90 Å². The van der Waals surface area contributed by atoms with Gasteiger partial charge in [-0.25, -0.2) is 0 Å². The highest BCUT2D eigenvalue weighted by Crippen LogP contribution is 2.45. The highest BCUT2D eigenvalue weighted by Gasteiger charge is 2.64. The summed E-state index contributed by atoms with van der Waals surface area (Å²) in [6, 6.07) is 0. The first kappa shape index (κ1) is 15.8. The van der Waals surface area contributed by atoms with Crippen molar-refractivity contribution in [3.8, 4) is 0 Å². The predicted octanol–water partition coefficient (Wildman–Crippen LogP) is 2.29. The minimum atomic E-state index is -4.84. The molecule has 0 bridgehead atoms. The van der Waals surface area contributed by atoms with E-state index in [-0.39, 0.29) is 18.9 Å². The Hall–Kier alpha value is -1.27. The van der Waals surface area contributed by atoms with E-state index >= 15 is 0 Å². The van der Waals surface area contributed by atoms with Gasteiger partial charge in [-0.1, -0.05) is 13.8 Å². The molecule has 0 spiro atoms. The number of alkyl halides is 3. The number of hydrogen-bond acceptors (Lipinski definition) is 2. The number of nitrogens with zero attached hydrogens (tertiary/aromatic N) is 1. The number of carboxylic acids is 1. The van der Waals surface area contributed by atoms with Gasteiger partial charge in [-0.05, 0) is 18.8 Å². The summed E-state index contributed by atoms with van der Waals surface area (Å²) < 4.78 is 38.7. The van der Waals surface area contributed by atoms with Crippen LogP contribution in [0.5, 0.6) is 0 Å². The SMILES string of the molecule is CC(C)CCC(=O)N1CCC(C(=O)O)(C(F)(F)F)C1. The molecule has 1 unspecified atom stereocenters. The molecular formula is C12H18F3NO3. The fourth-order valence-electron chi connectivity index (χ4n) is 2.12. The molecule has 0 radical (unpaired) electrons. The summed E-state index contributed by atoms with van der Waals surface area (Å²) in [5.74, 6) is -2.03. The largest absolute Gasteiger partial charge is 0.481 e. The normalized spacial score (nSPS) is 24.0. The number of aliphatic carboxylic acids is 1. The standard InChI is InChI=1S/C12H18F3NO3/c1-8(2)3-4-9(17)16-6-5-11(7-16,10(18)19)12(13,14)15/h8H,3-7H2,1-2H3,(H,18,19). The van der Waals surface area contributed by atoms with Crippen molar-refractivity contribution < 1.29 is 27.9 Å². The summed E-state index contributed by atoms with van der Waals surface area (Å²) in [5, 5.41) is 8.86. The van der Waals surface area contributed by atoms with E-state index in [0.717, 1.165) is 4.90 Å². The van der Waals surface area contributed by atoms with Crippen LogP contribution in [0.4, 0.5) is 13.2 Å². The van der Waals surface area contributed by atoms with Gasteiger partial charge in [-0.2, -0.15) is 13.2 Å². The lowest BCUT2D eigenvalue weighted by Crippen LogP contribution is -2.47. The zero-order chi connectivity index (χ0) is 14.8. The Morgan fingerprint density at radius 1 is 1.37 bits per heavy atom. The second-order valence-corrected chi connectivity index (χ2v) is 5.38. The topological polar surface area (TPSA) is 57.6 Å². The number of carbonyl (C=O) groups excluding carboxylic acids is 1. The zero-order valence-electron chi connectivity index (χ0n) is 11.0. The monoisotopic (exact) mass is 281 g/mol. The second-order valence-electron chi connectivity index (χ2n) is 5.38. The fourth-order valence-corrected chi connectivity index (χ4v) is 2.12. The maximum Gasteiger partial charge on any atom is 0.406 e. The molecule has 19 heavy (non-hydrogen) atoms. The fraction of sp³-hybridized carbons (Fsp3) is 0.833. The molecule has 110 valence electrons. The van der Waals surface area contributed by atoms with Gasteiger partial charge in [0.2, 0.25) is 5.91 Å². The maximum atomic E-state index is 12.9. The van der Waals surface area contributed by atoms with E-state index in [9.17, 15) is 22.8 Å². The van der Waals surface area contributed by atoms with E-state index in [1.54, 1.807) is 0 Å². The highest BCUT2D eigenvalue weighted by atomic mass is 19.4. The van der Waals surface area contributed by atoms with Gasteiger partial charge in [-0.15, -0.1) is 0 Å². The average Bonchev–Trinajstić information content (AvgIpc) is 2.71. The molecule has 0 saturated carbocycles. The Morgan fingerprint density at radius 3 is 2.32 bits per heavy atom. The number of halogens is 3. The van der Waals surface area contributed by atoms with Gasteiger partial charge >= 0.3 is 12.1 Å². The van der Waals surface area contributed by atoms with Crippen LogP contribution in [0, 0.1) is 11.3 Å². The maximum absolute atomic E-state index is 12.9. The van der Waals surface area contributed by atoms with Gasteiger partial charge in [0.1, 0.15) is 0 Å². The Morgan fingerprint density at radius 2 is 1.95 bits per heavy atom. The zero-order valence-corrected chi connectivity index (χ0v) is 11.0. The van der Waals surface area contributed by atoms with E-state index < -0.39 is 36.4 Å². The van der Waals surface area contributed by atoms with Crippen LogP contribution < -0.4 is 0 Å². The van der Waals surface area contributed by atoms with Gasteiger partial charge in [0.25, 0.3) is 0 Å². The van der Waals surface area contributed by atoms with Crippen molar-refractivity contribution >= 4 is 11.9 Å². The number of carbonyl (C=O) groups is 2. The second kappa shape index (κ2) is 5.38. The molecule has 1 fully saturated rings. The molecule has 1 N–H and O–H groups in total. The van der Waals surface area contributed by atoms with Crippen LogP contribution in [0.2, 0.25) is 0 Å². The number of hydrogen-bond donors (Lipinski definition) is 1. The van der Waals surface area contributed by atoms with E-state index in [2.05, 4.69) is 0 Å². The molecule has 0 aromatic heterocycles. The van der Waals surface area contributed by atoms with Crippen molar-refractivity contribution in [3.63, 3.8) is 0 Å². The van der Waals surface area contributed by atoms with E-state index in [1.807, 2.05) is 13.8 Å². The third-order valence-electron chi connectivity index (χ3n) is 3.51. The Bertz CT molecular complexity index is 368. The first-order valence-electron chi connectivity index (χ1n) is 6.18. The summed E-state index contributed by atoms with van der Waals surface area (Å²) in [6.45, 7) is 2.90. The van der Waals surface area contributed by atoms with Crippen molar-refractivity contribution in [2.45, 2.75) is 39.3 Å². The van der Waals surface area contributed by atoms with Crippen LogP contribution in [0.15, 0.2) is 0 Å². The average molecular weight is 281 g/mol.